The fourth-order valence-electron chi connectivity index (χ4n) is 1.76. The Hall–Kier alpha value is -1.86. The fraction of sp³-hybridized carbons (Fsp3) is 0.308. The summed E-state index contributed by atoms with van der Waals surface area (Å²) in [5.74, 6) is 1.25. The van der Waals surface area contributed by atoms with Crippen LogP contribution in [0.25, 0.3) is 0 Å². The number of ether oxygens (including phenoxy) is 1. The predicted molar refractivity (Wildman–Crippen MR) is 73.0 cm³/mol. The van der Waals surface area contributed by atoms with E-state index < -0.39 is 10.0 Å². The standard InChI is InChI=1S/C13H16N2O4S/c1-9-6-12(4-5-13(9)18-3)20(16,17)15-8-11-7-14-19-10(11)2/h4-7,15H,8H2,1-3H3. The predicted octanol–water partition coefficient (Wildman–Crippen LogP) is 1.78. The van der Waals surface area contributed by atoms with E-state index in [1.54, 1.807) is 33.1 Å². The van der Waals surface area contributed by atoms with Gasteiger partial charge in [-0.3, -0.25) is 0 Å². The molecule has 20 heavy (non-hydrogen) atoms. The number of benzene rings is 1. The molecule has 0 spiro atoms. The summed E-state index contributed by atoms with van der Waals surface area (Å²) in [7, 11) is -2.03. The summed E-state index contributed by atoms with van der Waals surface area (Å²) >= 11 is 0. The van der Waals surface area contributed by atoms with Gasteiger partial charge in [0.25, 0.3) is 0 Å². The van der Waals surface area contributed by atoms with E-state index in [9.17, 15) is 8.42 Å². The van der Waals surface area contributed by atoms with Gasteiger partial charge >= 0.3 is 0 Å². The fourth-order valence-corrected chi connectivity index (χ4v) is 2.85. The van der Waals surface area contributed by atoms with Crippen LogP contribution >= 0.6 is 0 Å². The van der Waals surface area contributed by atoms with Gasteiger partial charge in [0.05, 0.1) is 18.2 Å². The molecule has 0 fully saturated rings. The first-order chi connectivity index (χ1) is 9.44. The van der Waals surface area contributed by atoms with E-state index in [0.29, 0.717) is 17.1 Å². The van der Waals surface area contributed by atoms with E-state index in [2.05, 4.69) is 9.88 Å². The third-order valence-corrected chi connectivity index (χ3v) is 4.38. The van der Waals surface area contributed by atoms with Gasteiger partial charge in [-0.15, -0.1) is 0 Å². The molecule has 0 atom stereocenters. The molecule has 0 radical (unpaired) electrons. The van der Waals surface area contributed by atoms with Crippen LogP contribution in [0.1, 0.15) is 16.9 Å². The quantitative estimate of drug-likeness (QED) is 0.909. The lowest BCUT2D eigenvalue weighted by Gasteiger charge is -2.09. The summed E-state index contributed by atoms with van der Waals surface area (Å²) in [6.45, 7) is 3.67. The maximum atomic E-state index is 12.2. The molecule has 0 bridgehead atoms. The van der Waals surface area contributed by atoms with Crippen LogP contribution in [0.15, 0.2) is 33.8 Å². The number of hydrogen-bond acceptors (Lipinski definition) is 5. The van der Waals surface area contributed by atoms with E-state index in [1.807, 2.05) is 0 Å². The summed E-state index contributed by atoms with van der Waals surface area (Å²) < 4.78 is 36.9. The Kier molecular flexibility index (Phi) is 4.10. The molecule has 2 rings (SSSR count). The van der Waals surface area contributed by atoms with Crippen molar-refractivity contribution in [3.8, 4) is 5.75 Å². The maximum Gasteiger partial charge on any atom is 0.240 e. The van der Waals surface area contributed by atoms with Gasteiger partial charge in [0, 0.05) is 12.1 Å². The zero-order chi connectivity index (χ0) is 14.8. The molecule has 1 aromatic heterocycles. The van der Waals surface area contributed by atoms with E-state index in [1.165, 1.54) is 12.3 Å². The Labute approximate surface area is 117 Å². The van der Waals surface area contributed by atoms with Gasteiger partial charge < -0.3 is 9.26 Å². The lowest BCUT2D eigenvalue weighted by atomic mass is 10.2. The van der Waals surface area contributed by atoms with E-state index in [0.717, 1.165) is 5.56 Å². The third kappa shape index (κ3) is 3.00. The Morgan fingerprint density at radius 2 is 2.10 bits per heavy atom. The lowest BCUT2D eigenvalue weighted by molar-refractivity contribution is 0.396. The van der Waals surface area contributed by atoms with Crippen molar-refractivity contribution in [2.24, 2.45) is 0 Å². The van der Waals surface area contributed by atoms with Crippen molar-refractivity contribution in [1.29, 1.82) is 0 Å². The molecule has 1 aromatic carbocycles. The summed E-state index contributed by atoms with van der Waals surface area (Å²) in [4.78, 5) is 0.199. The average Bonchev–Trinajstić information content (AvgIpc) is 2.82. The topological polar surface area (TPSA) is 81.4 Å². The average molecular weight is 296 g/mol. The van der Waals surface area contributed by atoms with Crippen molar-refractivity contribution in [2.75, 3.05) is 7.11 Å². The van der Waals surface area contributed by atoms with Gasteiger partial charge in [0.1, 0.15) is 11.5 Å². The van der Waals surface area contributed by atoms with Gasteiger partial charge in [-0.05, 0) is 37.6 Å². The smallest absolute Gasteiger partial charge is 0.240 e. The normalized spacial score (nSPS) is 11.6. The van der Waals surface area contributed by atoms with Crippen molar-refractivity contribution in [3.05, 3.63) is 41.3 Å². The highest BCUT2D eigenvalue weighted by molar-refractivity contribution is 7.89. The van der Waals surface area contributed by atoms with Crippen LogP contribution in [0.5, 0.6) is 5.75 Å². The van der Waals surface area contributed by atoms with Crippen LogP contribution in [-0.4, -0.2) is 20.7 Å². The summed E-state index contributed by atoms with van der Waals surface area (Å²) in [5, 5.41) is 3.61. The van der Waals surface area contributed by atoms with Crippen LogP contribution in [0.3, 0.4) is 0 Å². The molecule has 0 aliphatic rings. The molecule has 0 saturated carbocycles. The number of hydrogen-bond donors (Lipinski definition) is 1. The van der Waals surface area contributed by atoms with Gasteiger partial charge in [-0.2, -0.15) is 0 Å². The van der Waals surface area contributed by atoms with Crippen LogP contribution in [0, 0.1) is 13.8 Å². The first kappa shape index (κ1) is 14.5. The van der Waals surface area contributed by atoms with Crippen molar-refractivity contribution >= 4 is 10.0 Å². The molecule has 0 amide bonds. The summed E-state index contributed by atoms with van der Waals surface area (Å²) in [5.41, 5.74) is 1.47. The minimum Gasteiger partial charge on any atom is -0.496 e. The van der Waals surface area contributed by atoms with Crippen molar-refractivity contribution in [2.45, 2.75) is 25.3 Å². The van der Waals surface area contributed by atoms with Crippen LogP contribution < -0.4 is 9.46 Å². The zero-order valence-corrected chi connectivity index (χ0v) is 12.3. The number of methoxy groups -OCH3 is 1. The first-order valence-corrected chi connectivity index (χ1v) is 7.47. The molecule has 1 N–H and O–H groups in total. The second kappa shape index (κ2) is 5.64. The van der Waals surface area contributed by atoms with E-state index in [-0.39, 0.29) is 11.4 Å². The Balaban J connectivity index is 2.18. The van der Waals surface area contributed by atoms with Crippen LogP contribution in [0.2, 0.25) is 0 Å². The van der Waals surface area contributed by atoms with Gasteiger partial charge in [0.15, 0.2) is 0 Å². The molecular weight excluding hydrogens is 280 g/mol. The number of aryl methyl sites for hydroxylation is 2. The highest BCUT2D eigenvalue weighted by atomic mass is 32.2. The number of aromatic nitrogens is 1. The highest BCUT2D eigenvalue weighted by Crippen LogP contribution is 2.21. The molecule has 0 aliphatic carbocycles. The third-order valence-electron chi connectivity index (χ3n) is 2.98. The minimum atomic E-state index is -3.58. The second-order valence-electron chi connectivity index (χ2n) is 4.36. The van der Waals surface area contributed by atoms with E-state index >= 15 is 0 Å². The van der Waals surface area contributed by atoms with Crippen LogP contribution in [0.4, 0.5) is 0 Å². The zero-order valence-electron chi connectivity index (χ0n) is 11.5. The van der Waals surface area contributed by atoms with Crippen molar-refractivity contribution in [1.82, 2.24) is 9.88 Å². The number of rotatable bonds is 5. The lowest BCUT2D eigenvalue weighted by Crippen LogP contribution is -2.23. The number of nitrogens with zero attached hydrogens (tertiary/aromatic N) is 1. The van der Waals surface area contributed by atoms with Crippen molar-refractivity contribution in [3.63, 3.8) is 0 Å². The largest absolute Gasteiger partial charge is 0.496 e. The SMILES string of the molecule is COc1ccc(S(=O)(=O)NCc2cnoc2C)cc1C. The molecule has 6 nitrogen and oxygen atoms in total. The Morgan fingerprint density at radius 1 is 1.35 bits per heavy atom. The number of nitrogens with one attached hydrogen (secondary N) is 1. The summed E-state index contributed by atoms with van der Waals surface area (Å²) in [6, 6.07) is 4.71. The molecule has 1 heterocycles. The van der Waals surface area contributed by atoms with Gasteiger partial charge in [-0.25, -0.2) is 13.1 Å². The molecule has 108 valence electrons. The molecule has 7 heteroatoms. The Morgan fingerprint density at radius 3 is 2.65 bits per heavy atom. The molecule has 2 aromatic rings. The molecule has 0 aliphatic heterocycles. The second-order valence-corrected chi connectivity index (χ2v) is 6.13. The first-order valence-electron chi connectivity index (χ1n) is 5.98. The molecular formula is C13H16N2O4S. The van der Waals surface area contributed by atoms with Gasteiger partial charge in [-0.1, -0.05) is 5.16 Å². The monoisotopic (exact) mass is 296 g/mol. The summed E-state index contributed by atoms with van der Waals surface area (Å²) in [6.07, 6.45) is 1.50. The molecule has 0 saturated heterocycles. The highest BCUT2D eigenvalue weighted by Gasteiger charge is 2.16. The minimum absolute atomic E-state index is 0.142. The molecule has 0 unspecified atom stereocenters. The van der Waals surface area contributed by atoms with Crippen molar-refractivity contribution < 1.29 is 17.7 Å². The van der Waals surface area contributed by atoms with Gasteiger partial charge in [0.2, 0.25) is 10.0 Å². The van der Waals surface area contributed by atoms with Crippen LogP contribution in [-0.2, 0) is 16.6 Å². The number of sulfonamides is 1. The maximum absolute atomic E-state index is 12.2. The Bertz CT molecular complexity index is 707. The van der Waals surface area contributed by atoms with E-state index in [4.69, 9.17) is 9.26 Å².